The lowest BCUT2D eigenvalue weighted by Crippen LogP contribution is -2.80. The van der Waals surface area contributed by atoms with Gasteiger partial charge in [0.15, 0.2) is 0 Å². The SMILES string of the molecule is COc1ccc2c(C[NH2+]Cc3ccc(F)cc3)cc(=O)oc2c1. The average Bonchev–Trinajstić information content (AvgIpc) is 2.55. The summed E-state index contributed by atoms with van der Waals surface area (Å²) in [6.07, 6.45) is 0. The fourth-order valence-electron chi connectivity index (χ4n) is 2.52. The number of benzene rings is 2. The number of halogens is 1. The van der Waals surface area contributed by atoms with Crippen molar-refractivity contribution in [1.82, 2.24) is 0 Å². The van der Waals surface area contributed by atoms with E-state index in [-0.39, 0.29) is 11.4 Å². The molecule has 23 heavy (non-hydrogen) atoms. The second-order valence-electron chi connectivity index (χ2n) is 5.28. The molecule has 5 heteroatoms. The van der Waals surface area contributed by atoms with E-state index in [1.54, 1.807) is 25.3 Å². The number of ether oxygens (including phenoxy) is 1. The summed E-state index contributed by atoms with van der Waals surface area (Å²) in [5.74, 6) is 0.405. The van der Waals surface area contributed by atoms with Crippen LogP contribution < -0.4 is 15.7 Å². The van der Waals surface area contributed by atoms with Crippen LogP contribution >= 0.6 is 0 Å². The topological polar surface area (TPSA) is 56.0 Å². The van der Waals surface area contributed by atoms with Crippen LogP contribution in [0.1, 0.15) is 11.1 Å². The maximum absolute atomic E-state index is 12.9. The Bertz CT molecular complexity index is 872. The molecule has 1 aromatic heterocycles. The second kappa shape index (κ2) is 6.62. The molecule has 118 valence electrons. The predicted octanol–water partition coefficient (Wildman–Crippen LogP) is 2.20. The van der Waals surface area contributed by atoms with Crippen molar-refractivity contribution in [2.75, 3.05) is 7.11 Å². The van der Waals surface area contributed by atoms with Gasteiger partial charge in [-0.2, -0.15) is 0 Å². The van der Waals surface area contributed by atoms with E-state index in [1.165, 1.54) is 18.2 Å². The maximum atomic E-state index is 12.9. The number of rotatable bonds is 5. The Morgan fingerprint density at radius 1 is 1.09 bits per heavy atom. The summed E-state index contributed by atoms with van der Waals surface area (Å²) in [5.41, 5.74) is 2.07. The number of hydrogen-bond acceptors (Lipinski definition) is 3. The van der Waals surface area contributed by atoms with Crippen LogP contribution in [0.15, 0.2) is 57.7 Å². The van der Waals surface area contributed by atoms with Crippen LogP contribution in [0.5, 0.6) is 5.75 Å². The first kappa shape index (κ1) is 15.2. The molecule has 3 rings (SSSR count). The Balaban J connectivity index is 1.79. The Morgan fingerprint density at radius 2 is 1.87 bits per heavy atom. The first-order chi connectivity index (χ1) is 11.2. The molecule has 1 heterocycles. The third-order valence-electron chi connectivity index (χ3n) is 3.69. The molecule has 0 saturated carbocycles. The molecule has 0 aliphatic heterocycles. The van der Waals surface area contributed by atoms with Gasteiger partial charge in [-0.3, -0.25) is 0 Å². The van der Waals surface area contributed by atoms with E-state index in [0.717, 1.165) is 16.5 Å². The van der Waals surface area contributed by atoms with E-state index in [9.17, 15) is 9.18 Å². The van der Waals surface area contributed by atoms with Gasteiger partial charge in [0.2, 0.25) is 0 Å². The van der Waals surface area contributed by atoms with Gasteiger partial charge >= 0.3 is 5.63 Å². The van der Waals surface area contributed by atoms with Gasteiger partial charge < -0.3 is 14.5 Å². The molecule has 0 fully saturated rings. The predicted molar refractivity (Wildman–Crippen MR) is 84.8 cm³/mol. The lowest BCUT2D eigenvalue weighted by atomic mass is 10.1. The Morgan fingerprint density at radius 3 is 2.61 bits per heavy atom. The number of quaternary nitrogens is 1. The molecular weight excluding hydrogens is 297 g/mol. The molecule has 2 aromatic carbocycles. The van der Waals surface area contributed by atoms with Crippen molar-refractivity contribution in [3.8, 4) is 5.75 Å². The van der Waals surface area contributed by atoms with E-state index in [4.69, 9.17) is 9.15 Å². The van der Waals surface area contributed by atoms with Crippen molar-refractivity contribution in [2.24, 2.45) is 0 Å². The summed E-state index contributed by atoms with van der Waals surface area (Å²) in [5, 5.41) is 2.95. The quantitative estimate of drug-likeness (QED) is 0.735. The molecule has 0 unspecified atom stereocenters. The Kier molecular flexibility index (Phi) is 4.39. The summed E-state index contributed by atoms with van der Waals surface area (Å²) < 4.78 is 23.3. The van der Waals surface area contributed by atoms with Gasteiger partial charge in [0, 0.05) is 28.6 Å². The molecule has 3 aromatic rings. The van der Waals surface area contributed by atoms with Crippen molar-refractivity contribution in [3.63, 3.8) is 0 Å². The zero-order valence-electron chi connectivity index (χ0n) is 12.7. The summed E-state index contributed by atoms with van der Waals surface area (Å²) in [6, 6.07) is 13.4. The highest BCUT2D eigenvalue weighted by atomic mass is 19.1. The molecule has 0 atom stereocenters. The highest BCUT2D eigenvalue weighted by Gasteiger charge is 2.08. The van der Waals surface area contributed by atoms with E-state index < -0.39 is 0 Å². The first-order valence-electron chi connectivity index (χ1n) is 7.32. The van der Waals surface area contributed by atoms with Gasteiger partial charge in [0.25, 0.3) is 0 Å². The van der Waals surface area contributed by atoms with E-state index in [1.807, 2.05) is 12.1 Å². The third-order valence-corrected chi connectivity index (χ3v) is 3.69. The number of fused-ring (bicyclic) bond motifs is 1. The second-order valence-corrected chi connectivity index (χ2v) is 5.28. The van der Waals surface area contributed by atoms with Crippen molar-refractivity contribution >= 4 is 11.0 Å². The molecule has 0 radical (unpaired) electrons. The molecule has 0 aliphatic carbocycles. The van der Waals surface area contributed by atoms with Crippen molar-refractivity contribution in [1.29, 1.82) is 0 Å². The normalized spacial score (nSPS) is 10.9. The zero-order chi connectivity index (χ0) is 16.2. The fourth-order valence-corrected chi connectivity index (χ4v) is 2.52. The van der Waals surface area contributed by atoms with Crippen LogP contribution in [0.25, 0.3) is 11.0 Å². The van der Waals surface area contributed by atoms with Gasteiger partial charge in [-0.15, -0.1) is 0 Å². The lowest BCUT2D eigenvalue weighted by molar-refractivity contribution is -0.686. The summed E-state index contributed by atoms with van der Waals surface area (Å²) >= 11 is 0. The van der Waals surface area contributed by atoms with Crippen LogP contribution in [-0.2, 0) is 13.1 Å². The largest absolute Gasteiger partial charge is 0.497 e. The average molecular weight is 314 g/mol. The van der Waals surface area contributed by atoms with Gasteiger partial charge in [0.05, 0.1) is 7.11 Å². The van der Waals surface area contributed by atoms with E-state index in [2.05, 4.69) is 5.32 Å². The first-order valence-corrected chi connectivity index (χ1v) is 7.32. The molecule has 0 spiro atoms. The number of methoxy groups -OCH3 is 1. The maximum Gasteiger partial charge on any atom is 0.336 e. The van der Waals surface area contributed by atoms with Crippen molar-refractivity contribution < 1.29 is 18.9 Å². The van der Waals surface area contributed by atoms with Gasteiger partial charge in [-0.25, -0.2) is 9.18 Å². The molecule has 0 bridgehead atoms. The standard InChI is InChI=1S/C18H16FNO3/c1-22-15-6-7-16-13(8-18(21)23-17(16)9-15)11-20-10-12-2-4-14(19)5-3-12/h2-9,20H,10-11H2,1H3/p+1. The monoisotopic (exact) mass is 314 g/mol. The smallest absolute Gasteiger partial charge is 0.336 e. The van der Waals surface area contributed by atoms with Crippen LogP contribution in [0.4, 0.5) is 4.39 Å². The molecular formula is C18H17FNO3+. The van der Waals surface area contributed by atoms with E-state index in [0.29, 0.717) is 24.4 Å². The van der Waals surface area contributed by atoms with Crippen molar-refractivity contribution in [2.45, 2.75) is 13.1 Å². The summed E-state index contributed by atoms with van der Waals surface area (Å²) in [4.78, 5) is 11.7. The Hall–Kier alpha value is -2.66. The molecule has 0 aliphatic rings. The van der Waals surface area contributed by atoms with E-state index >= 15 is 0 Å². The minimum Gasteiger partial charge on any atom is -0.497 e. The van der Waals surface area contributed by atoms with Crippen LogP contribution in [-0.4, -0.2) is 7.11 Å². The van der Waals surface area contributed by atoms with Gasteiger partial charge in [0.1, 0.15) is 30.2 Å². The lowest BCUT2D eigenvalue weighted by Gasteiger charge is -2.06. The highest BCUT2D eigenvalue weighted by Crippen LogP contribution is 2.21. The minimum atomic E-state index is -0.379. The van der Waals surface area contributed by atoms with Crippen LogP contribution in [0, 0.1) is 5.82 Å². The summed E-state index contributed by atoms with van der Waals surface area (Å²) in [7, 11) is 1.57. The summed E-state index contributed by atoms with van der Waals surface area (Å²) in [6.45, 7) is 1.34. The minimum absolute atomic E-state index is 0.241. The molecule has 0 saturated heterocycles. The third kappa shape index (κ3) is 3.57. The fraction of sp³-hybridized carbons (Fsp3) is 0.167. The highest BCUT2D eigenvalue weighted by molar-refractivity contribution is 5.81. The molecule has 0 amide bonds. The Labute approximate surface area is 132 Å². The van der Waals surface area contributed by atoms with Gasteiger partial charge in [-0.05, 0) is 24.3 Å². The van der Waals surface area contributed by atoms with Gasteiger partial charge in [-0.1, -0.05) is 12.1 Å². The number of hydrogen-bond donors (Lipinski definition) is 1. The number of nitrogens with two attached hydrogens (primary N) is 1. The molecule has 4 nitrogen and oxygen atoms in total. The molecule has 2 N–H and O–H groups in total. The van der Waals surface area contributed by atoms with Crippen molar-refractivity contribution in [3.05, 3.63) is 75.9 Å². The van der Waals surface area contributed by atoms with Crippen LogP contribution in [0.3, 0.4) is 0 Å². The zero-order valence-corrected chi connectivity index (χ0v) is 12.7. The van der Waals surface area contributed by atoms with Crippen LogP contribution in [0.2, 0.25) is 0 Å².